The van der Waals surface area contributed by atoms with Crippen molar-refractivity contribution in [2.45, 2.75) is 19.9 Å². The summed E-state index contributed by atoms with van der Waals surface area (Å²) < 4.78 is 10.7. The predicted octanol–water partition coefficient (Wildman–Crippen LogP) is 2.12. The van der Waals surface area contributed by atoms with Gasteiger partial charge in [-0.25, -0.2) is 0 Å². The second-order valence-electron chi connectivity index (χ2n) is 3.41. The van der Waals surface area contributed by atoms with E-state index in [1.165, 1.54) is 0 Å². The molecule has 1 atom stereocenters. The van der Waals surface area contributed by atoms with Crippen LogP contribution in [0.4, 0.5) is 0 Å². The smallest absolute Gasteiger partial charge is 0.162 e. The Morgan fingerprint density at radius 2 is 2.12 bits per heavy atom. The summed E-state index contributed by atoms with van der Waals surface area (Å²) in [6, 6.07) is 5.66. The van der Waals surface area contributed by atoms with Gasteiger partial charge < -0.3 is 15.2 Å². The minimum Gasteiger partial charge on any atom is -0.493 e. The zero-order chi connectivity index (χ0) is 12.0. The van der Waals surface area contributed by atoms with Gasteiger partial charge in [0.05, 0.1) is 7.11 Å². The van der Waals surface area contributed by atoms with Gasteiger partial charge in [0.15, 0.2) is 11.5 Å². The molecule has 3 nitrogen and oxygen atoms in total. The molecular formula is C13H17NO2. The third-order valence-electron chi connectivity index (χ3n) is 2.19. The van der Waals surface area contributed by atoms with Crippen LogP contribution in [0.25, 0.3) is 0 Å². The van der Waals surface area contributed by atoms with Crippen molar-refractivity contribution in [3.05, 3.63) is 23.8 Å². The zero-order valence-electron chi connectivity index (χ0n) is 9.91. The molecule has 0 aliphatic rings. The first-order valence-electron chi connectivity index (χ1n) is 5.15. The Morgan fingerprint density at radius 1 is 1.38 bits per heavy atom. The van der Waals surface area contributed by atoms with Crippen molar-refractivity contribution < 1.29 is 9.47 Å². The average Bonchev–Trinajstić information content (AvgIpc) is 2.29. The topological polar surface area (TPSA) is 44.5 Å². The van der Waals surface area contributed by atoms with Crippen molar-refractivity contribution in [2.24, 2.45) is 5.73 Å². The Hall–Kier alpha value is -1.66. The lowest BCUT2D eigenvalue weighted by Gasteiger charge is -2.12. The highest BCUT2D eigenvalue weighted by molar-refractivity contribution is 5.43. The molecular weight excluding hydrogens is 202 g/mol. The maximum absolute atomic E-state index is 5.79. The van der Waals surface area contributed by atoms with Gasteiger partial charge in [-0.15, -0.1) is 5.92 Å². The van der Waals surface area contributed by atoms with E-state index in [9.17, 15) is 0 Å². The quantitative estimate of drug-likeness (QED) is 0.789. The van der Waals surface area contributed by atoms with Crippen molar-refractivity contribution in [1.29, 1.82) is 0 Å². The van der Waals surface area contributed by atoms with Gasteiger partial charge in [-0.2, -0.15) is 0 Å². The maximum atomic E-state index is 5.79. The van der Waals surface area contributed by atoms with Crippen LogP contribution < -0.4 is 15.2 Å². The molecule has 1 rings (SSSR count). The van der Waals surface area contributed by atoms with Crippen LogP contribution in [-0.2, 0) is 0 Å². The van der Waals surface area contributed by atoms with E-state index in [0.29, 0.717) is 18.1 Å². The molecule has 0 aromatic heterocycles. The average molecular weight is 219 g/mol. The van der Waals surface area contributed by atoms with Crippen molar-refractivity contribution in [2.75, 3.05) is 13.7 Å². The largest absolute Gasteiger partial charge is 0.493 e. The van der Waals surface area contributed by atoms with E-state index in [1.54, 1.807) is 14.0 Å². The molecule has 0 aliphatic heterocycles. The van der Waals surface area contributed by atoms with Gasteiger partial charge in [-0.3, -0.25) is 0 Å². The minimum atomic E-state index is -0.0154. The second-order valence-corrected chi connectivity index (χ2v) is 3.41. The van der Waals surface area contributed by atoms with Crippen LogP contribution in [0.5, 0.6) is 11.5 Å². The van der Waals surface area contributed by atoms with E-state index < -0.39 is 0 Å². The van der Waals surface area contributed by atoms with Gasteiger partial charge in [0, 0.05) is 6.04 Å². The molecule has 0 amide bonds. The molecule has 0 saturated heterocycles. The number of nitrogens with two attached hydrogens (primary N) is 1. The molecule has 16 heavy (non-hydrogen) atoms. The third kappa shape index (κ3) is 3.18. The van der Waals surface area contributed by atoms with Crippen LogP contribution in [-0.4, -0.2) is 13.7 Å². The summed E-state index contributed by atoms with van der Waals surface area (Å²) in [7, 11) is 1.61. The fraction of sp³-hybridized carbons (Fsp3) is 0.385. The van der Waals surface area contributed by atoms with Gasteiger partial charge in [-0.1, -0.05) is 12.0 Å². The number of hydrogen-bond donors (Lipinski definition) is 1. The van der Waals surface area contributed by atoms with Crippen molar-refractivity contribution in [3.63, 3.8) is 0 Å². The first-order chi connectivity index (χ1) is 7.69. The van der Waals surface area contributed by atoms with Crippen LogP contribution >= 0.6 is 0 Å². The Balaban J connectivity index is 2.87. The van der Waals surface area contributed by atoms with Gasteiger partial charge in [-0.05, 0) is 31.5 Å². The summed E-state index contributed by atoms with van der Waals surface area (Å²) in [5, 5.41) is 0. The highest BCUT2D eigenvalue weighted by Crippen LogP contribution is 2.29. The van der Waals surface area contributed by atoms with E-state index >= 15 is 0 Å². The molecule has 0 fully saturated rings. The number of methoxy groups -OCH3 is 1. The lowest BCUT2D eigenvalue weighted by atomic mass is 10.1. The van der Waals surface area contributed by atoms with Crippen molar-refractivity contribution >= 4 is 0 Å². The van der Waals surface area contributed by atoms with Crippen LogP contribution in [0.2, 0.25) is 0 Å². The third-order valence-corrected chi connectivity index (χ3v) is 2.19. The maximum Gasteiger partial charge on any atom is 0.162 e. The monoisotopic (exact) mass is 219 g/mol. The van der Waals surface area contributed by atoms with Crippen molar-refractivity contribution in [1.82, 2.24) is 0 Å². The Bertz CT molecular complexity index is 402. The van der Waals surface area contributed by atoms with Crippen LogP contribution in [0.15, 0.2) is 18.2 Å². The minimum absolute atomic E-state index is 0.0154. The molecule has 0 saturated carbocycles. The molecule has 3 heteroatoms. The Kier molecular flexibility index (Phi) is 4.68. The number of rotatable bonds is 4. The summed E-state index contributed by atoms with van der Waals surface area (Å²) >= 11 is 0. The molecule has 86 valence electrons. The molecule has 0 radical (unpaired) electrons. The van der Waals surface area contributed by atoms with Crippen LogP contribution in [0.1, 0.15) is 25.5 Å². The predicted molar refractivity (Wildman–Crippen MR) is 64.5 cm³/mol. The van der Waals surface area contributed by atoms with E-state index in [1.807, 2.05) is 25.1 Å². The summed E-state index contributed by atoms with van der Waals surface area (Å²) in [6.07, 6.45) is 0. The molecule has 0 heterocycles. The van der Waals surface area contributed by atoms with E-state index in [0.717, 1.165) is 5.56 Å². The Morgan fingerprint density at radius 3 is 2.69 bits per heavy atom. The zero-order valence-corrected chi connectivity index (χ0v) is 9.91. The molecule has 0 bridgehead atoms. The van der Waals surface area contributed by atoms with Gasteiger partial charge in [0.1, 0.15) is 6.61 Å². The summed E-state index contributed by atoms with van der Waals surface area (Å²) in [6.45, 7) is 4.07. The SMILES string of the molecule is CC#CCOc1ccc([C@@H](C)N)cc1OC. The molecule has 2 N–H and O–H groups in total. The van der Waals surface area contributed by atoms with Gasteiger partial charge >= 0.3 is 0 Å². The molecule has 0 aliphatic carbocycles. The first kappa shape index (κ1) is 12.4. The summed E-state index contributed by atoms with van der Waals surface area (Å²) in [5.41, 5.74) is 6.81. The number of ether oxygens (including phenoxy) is 2. The number of benzene rings is 1. The van der Waals surface area contributed by atoms with E-state index in [4.69, 9.17) is 15.2 Å². The Labute approximate surface area is 96.6 Å². The fourth-order valence-corrected chi connectivity index (χ4v) is 1.27. The van der Waals surface area contributed by atoms with E-state index in [-0.39, 0.29) is 6.04 Å². The highest BCUT2D eigenvalue weighted by Gasteiger charge is 2.07. The molecule has 0 spiro atoms. The first-order valence-corrected chi connectivity index (χ1v) is 5.15. The fourth-order valence-electron chi connectivity index (χ4n) is 1.27. The summed E-state index contributed by atoms with van der Waals surface area (Å²) in [4.78, 5) is 0. The standard InChI is InChI=1S/C13H17NO2/c1-4-5-8-16-12-7-6-11(10(2)14)9-13(12)15-3/h6-7,9-10H,8,14H2,1-3H3/t10-/m1/s1. The van der Waals surface area contributed by atoms with Crippen LogP contribution in [0.3, 0.4) is 0 Å². The van der Waals surface area contributed by atoms with E-state index in [2.05, 4.69) is 11.8 Å². The molecule has 0 unspecified atom stereocenters. The van der Waals surface area contributed by atoms with Crippen LogP contribution in [0, 0.1) is 11.8 Å². The second kappa shape index (κ2) is 6.04. The molecule has 1 aromatic carbocycles. The summed E-state index contributed by atoms with van der Waals surface area (Å²) in [5.74, 6) is 6.98. The highest BCUT2D eigenvalue weighted by atomic mass is 16.5. The lowest BCUT2D eigenvalue weighted by molar-refractivity contribution is 0.330. The molecule has 1 aromatic rings. The normalized spacial score (nSPS) is 11.2. The lowest BCUT2D eigenvalue weighted by Crippen LogP contribution is -2.05. The van der Waals surface area contributed by atoms with Gasteiger partial charge in [0.25, 0.3) is 0 Å². The van der Waals surface area contributed by atoms with Crippen molar-refractivity contribution in [3.8, 4) is 23.3 Å². The number of hydrogen-bond acceptors (Lipinski definition) is 3. The van der Waals surface area contributed by atoms with Gasteiger partial charge in [0.2, 0.25) is 0 Å².